The highest BCUT2D eigenvalue weighted by Crippen LogP contribution is 2.22. The van der Waals surface area contributed by atoms with Crippen LogP contribution < -0.4 is 10.7 Å². The summed E-state index contributed by atoms with van der Waals surface area (Å²) in [4.78, 5) is 44.5. The number of nitrogens with zero attached hydrogens (tertiary/aromatic N) is 3. The first-order valence-corrected chi connectivity index (χ1v) is 7.77. The Kier molecular flexibility index (Phi) is 4.42. The van der Waals surface area contributed by atoms with Crippen LogP contribution >= 0.6 is 0 Å². The van der Waals surface area contributed by atoms with Crippen LogP contribution in [0.15, 0.2) is 48.9 Å². The lowest BCUT2D eigenvalue weighted by molar-refractivity contribution is -0.132. The Labute approximate surface area is 144 Å². The highest BCUT2D eigenvalue weighted by molar-refractivity contribution is 6.08. The quantitative estimate of drug-likeness (QED) is 0.793. The number of imide groups is 1. The van der Waals surface area contributed by atoms with Crippen LogP contribution in [0, 0.1) is 0 Å². The van der Waals surface area contributed by atoms with Crippen LogP contribution in [0.1, 0.15) is 29.4 Å². The average Bonchev–Trinajstić information content (AvgIpc) is 2.85. The molecule has 2 aromatic rings. The van der Waals surface area contributed by atoms with Gasteiger partial charge in [-0.15, -0.1) is 0 Å². The van der Waals surface area contributed by atoms with Crippen molar-refractivity contribution in [3.63, 3.8) is 0 Å². The molecule has 1 aliphatic heterocycles. The molecule has 1 fully saturated rings. The van der Waals surface area contributed by atoms with E-state index >= 15 is 0 Å². The molecule has 8 nitrogen and oxygen atoms in total. The van der Waals surface area contributed by atoms with Gasteiger partial charge in [-0.05, 0) is 25.3 Å². The van der Waals surface area contributed by atoms with Crippen LogP contribution in [-0.4, -0.2) is 38.4 Å². The zero-order valence-corrected chi connectivity index (χ0v) is 13.6. The Morgan fingerprint density at radius 1 is 1.24 bits per heavy atom. The van der Waals surface area contributed by atoms with Gasteiger partial charge in [-0.1, -0.05) is 30.3 Å². The third-order valence-corrected chi connectivity index (χ3v) is 4.03. The van der Waals surface area contributed by atoms with Crippen molar-refractivity contribution in [1.29, 1.82) is 0 Å². The number of benzene rings is 1. The topological polar surface area (TPSA) is 104 Å². The SMILES string of the molecule is CC1(CCc2ccccc2)NC(=O)N(NC(=O)c2cnccn2)C1=O. The van der Waals surface area contributed by atoms with E-state index in [2.05, 4.69) is 20.7 Å². The first kappa shape index (κ1) is 16.6. The standard InChI is InChI=1S/C17H17N5O3/c1-17(8-7-12-5-3-2-4-6-12)15(24)22(16(25)20-17)21-14(23)13-11-18-9-10-19-13/h2-6,9-11H,7-8H2,1H3,(H,20,25)(H,21,23). The second-order valence-electron chi connectivity index (χ2n) is 5.92. The van der Waals surface area contributed by atoms with E-state index in [9.17, 15) is 14.4 Å². The van der Waals surface area contributed by atoms with Gasteiger partial charge in [-0.3, -0.25) is 20.0 Å². The fraction of sp³-hybridized carbons (Fsp3) is 0.235. The van der Waals surface area contributed by atoms with Crippen molar-refractivity contribution in [3.05, 3.63) is 60.2 Å². The van der Waals surface area contributed by atoms with Gasteiger partial charge >= 0.3 is 6.03 Å². The largest absolute Gasteiger partial charge is 0.344 e. The normalized spacial score (nSPS) is 19.6. The predicted octanol–water partition coefficient (Wildman–Crippen LogP) is 1.06. The first-order valence-electron chi connectivity index (χ1n) is 7.77. The highest BCUT2D eigenvalue weighted by Gasteiger charge is 2.48. The maximum atomic E-state index is 12.6. The van der Waals surface area contributed by atoms with Gasteiger partial charge in [0.2, 0.25) is 0 Å². The van der Waals surface area contributed by atoms with Crippen molar-refractivity contribution in [1.82, 2.24) is 25.7 Å². The summed E-state index contributed by atoms with van der Waals surface area (Å²) in [7, 11) is 0. The molecule has 1 unspecified atom stereocenters. The summed E-state index contributed by atoms with van der Waals surface area (Å²) in [6.07, 6.45) is 5.06. The maximum Gasteiger partial charge on any atom is 0.344 e. The van der Waals surface area contributed by atoms with E-state index in [1.165, 1.54) is 18.6 Å². The number of amides is 4. The lowest BCUT2D eigenvalue weighted by Gasteiger charge is -2.21. The van der Waals surface area contributed by atoms with Gasteiger partial charge in [0.25, 0.3) is 11.8 Å². The molecule has 1 atom stereocenters. The monoisotopic (exact) mass is 339 g/mol. The number of aryl methyl sites for hydroxylation is 1. The van der Waals surface area contributed by atoms with Gasteiger partial charge in [0, 0.05) is 12.4 Å². The number of carbonyl (C=O) groups excluding carboxylic acids is 3. The Balaban J connectivity index is 1.68. The molecule has 0 aliphatic carbocycles. The lowest BCUT2D eigenvalue weighted by atomic mass is 9.93. The highest BCUT2D eigenvalue weighted by atomic mass is 16.2. The third kappa shape index (κ3) is 3.47. The van der Waals surface area contributed by atoms with Crippen molar-refractivity contribution in [2.24, 2.45) is 0 Å². The molecule has 4 amide bonds. The summed E-state index contributed by atoms with van der Waals surface area (Å²) in [6.45, 7) is 1.64. The second-order valence-corrected chi connectivity index (χ2v) is 5.92. The van der Waals surface area contributed by atoms with Crippen molar-refractivity contribution < 1.29 is 14.4 Å². The van der Waals surface area contributed by atoms with E-state index in [1.807, 2.05) is 30.3 Å². The number of urea groups is 1. The molecule has 1 aromatic carbocycles. The minimum atomic E-state index is -1.08. The van der Waals surface area contributed by atoms with Gasteiger partial charge in [-0.25, -0.2) is 9.78 Å². The van der Waals surface area contributed by atoms with Crippen LogP contribution in [0.5, 0.6) is 0 Å². The van der Waals surface area contributed by atoms with Gasteiger partial charge in [-0.2, -0.15) is 5.01 Å². The van der Waals surface area contributed by atoms with Crippen LogP contribution in [0.3, 0.4) is 0 Å². The zero-order chi connectivity index (χ0) is 17.9. The molecule has 8 heteroatoms. The summed E-state index contributed by atoms with van der Waals surface area (Å²) in [5.41, 5.74) is 2.28. The van der Waals surface area contributed by atoms with Crippen molar-refractivity contribution in [3.8, 4) is 0 Å². The molecule has 0 bridgehead atoms. The van der Waals surface area contributed by atoms with E-state index < -0.39 is 23.4 Å². The summed E-state index contributed by atoms with van der Waals surface area (Å²) in [5, 5.41) is 3.34. The molecule has 1 aromatic heterocycles. The summed E-state index contributed by atoms with van der Waals surface area (Å²) in [5.74, 6) is -1.19. The molecule has 128 valence electrons. The predicted molar refractivity (Wildman–Crippen MR) is 88.0 cm³/mol. The molecule has 2 heterocycles. The van der Waals surface area contributed by atoms with Gasteiger partial charge in [0.1, 0.15) is 11.2 Å². The van der Waals surface area contributed by atoms with Gasteiger partial charge in [0.15, 0.2) is 0 Å². The molecule has 3 rings (SSSR count). The van der Waals surface area contributed by atoms with Crippen LogP contribution in [-0.2, 0) is 11.2 Å². The second kappa shape index (κ2) is 6.68. The smallest absolute Gasteiger partial charge is 0.322 e. The van der Waals surface area contributed by atoms with E-state index in [1.54, 1.807) is 6.92 Å². The lowest BCUT2D eigenvalue weighted by Crippen LogP contribution is -2.49. The van der Waals surface area contributed by atoms with E-state index in [-0.39, 0.29) is 5.69 Å². The molecule has 25 heavy (non-hydrogen) atoms. The number of rotatable bonds is 5. The summed E-state index contributed by atoms with van der Waals surface area (Å²) in [6, 6.07) is 8.99. The summed E-state index contributed by atoms with van der Waals surface area (Å²) < 4.78 is 0. The third-order valence-electron chi connectivity index (χ3n) is 4.03. The number of nitrogens with one attached hydrogen (secondary N) is 2. The number of aromatic nitrogens is 2. The van der Waals surface area contributed by atoms with E-state index in [0.29, 0.717) is 17.9 Å². The molecular weight excluding hydrogens is 322 g/mol. The van der Waals surface area contributed by atoms with E-state index in [0.717, 1.165) is 5.56 Å². The number of carbonyl (C=O) groups is 3. The van der Waals surface area contributed by atoms with Crippen LogP contribution in [0.25, 0.3) is 0 Å². The Morgan fingerprint density at radius 2 is 2.00 bits per heavy atom. The fourth-order valence-electron chi connectivity index (χ4n) is 2.57. The maximum absolute atomic E-state index is 12.6. The molecule has 2 N–H and O–H groups in total. The van der Waals surface area contributed by atoms with Crippen molar-refractivity contribution in [2.45, 2.75) is 25.3 Å². The van der Waals surface area contributed by atoms with Crippen molar-refractivity contribution >= 4 is 17.8 Å². The summed E-state index contributed by atoms with van der Waals surface area (Å²) >= 11 is 0. The molecule has 0 spiro atoms. The Morgan fingerprint density at radius 3 is 2.68 bits per heavy atom. The van der Waals surface area contributed by atoms with Gasteiger partial charge in [0.05, 0.1) is 6.20 Å². The minimum Gasteiger partial charge on any atom is -0.322 e. The number of hydrogen-bond acceptors (Lipinski definition) is 5. The first-order chi connectivity index (χ1) is 12.0. The zero-order valence-electron chi connectivity index (χ0n) is 13.6. The number of hydrogen-bond donors (Lipinski definition) is 2. The van der Waals surface area contributed by atoms with Crippen LogP contribution in [0.2, 0.25) is 0 Å². The Hall–Kier alpha value is -3.29. The van der Waals surface area contributed by atoms with Gasteiger partial charge < -0.3 is 5.32 Å². The molecule has 1 aliphatic rings. The number of hydrazine groups is 1. The van der Waals surface area contributed by atoms with Crippen LogP contribution in [0.4, 0.5) is 4.79 Å². The molecule has 0 saturated carbocycles. The molecule has 0 radical (unpaired) electrons. The minimum absolute atomic E-state index is 0.0148. The van der Waals surface area contributed by atoms with Crippen molar-refractivity contribution in [2.75, 3.05) is 0 Å². The van der Waals surface area contributed by atoms with E-state index in [4.69, 9.17) is 0 Å². The molecule has 1 saturated heterocycles. The Bertz CT molecular complexity index is 796. The molecular formula is C17H17N5O3. The average molecular weight is 339 g/mol. The fourth-order valence-corrected chi connectivity index (χ4v) is 2.57.